The number of anilines is 1. The highest BCUT2D eigenvalue weighted by atomic mass is 16.6. The summed E-state index contributed by atoms with van der Waals surface area (Å²) in [5.74, 6) is 0.694. The van der Waals surface area contributed by atoms with Crippen molar-refractivity contribution in [2.24, 2.45) is 0 Å². The molecule has 0 aliphatic carbocycles. The van der Waals surface area contributed by atoms with Gasteiger partial charge in [-0.1, -0.05) is 0 Å². The molecule has 0 bridgehead atoms. The van der Waals surface area contributed by atoms with Crippen molar-refractivity contribution in [2.45, 2.75) is 24.5 Å². The number of rotatable bonds is 3. The maximum Gasteiger partial charge on any atom is 0.165 e. The number of hydrogen-bond donors (Lipinski definition) is 3. The Morgan fingerprint density at radius 1 is 1.20 bits per heavy atom. The molecule has 0 saturated carbocycles. The van der Waals surface area contributed by atoms with Crippen LogP contribution in [0, 0.1) is 0 Å². The Balaban J connectivity index is 2.02. The van der Waals surface area contributed by atoms with Crippen LogP contribution in [-0.4, -0.2) is 73.9 Å². The van der Waals surface area contributed by atoms with Crippen LogP contribution in [0.5, 0.6) is 0 Å². The van der Waals surface area contributed by atoms with E-state index in [1.54, 1.807) is 16.8 Å². The van der Waals surface area contributed by atoms with Gasteiger partial charge in [0, 0.05) is 20.3 Å². The number of fused-ring (bicyclic) bond motifs is 3. The Morgan fingerprint density at radius 2 is 2.00 bits per heavy atom. The topological polar surface area (TPSA) is 117 Å². The molecule has 3 aromatic rings. The van der Waals surface area contributed by atoms with Crippen molar-refractivity contribution in [2.75, 3.05) is 25.6 Å². The quantitative estimate of drug-likeness (QED) is 0.590. The van der Waals surface area contributed by atoms with Gasteiger partial charge in [-0.25, -0.2) is 9.97 Å². The first-order chi connectivity index (χ1) is 12.0. The fourth-order valence-electron chi connectivity index (χ4n) is 3.35. The molecule has 0 radical (unpaired) electrons. The van der Waals surface area contributed by atoms with Gasteiger partial charge in [0.2, 0.25) is 0 Å². The Bertz CT molecular complexity index is 927. The molecule has 4 heterocycles. The summed E-state index contributed by atoms with van der Waals surface area (Å²) in [6.07, 6.45) is -1.02. The normalized spacial score (nSPS) is 26.6. The lowest BCUT2D eigenvalue weighted by molar-refractivity contribution is -0.0489. The fourth-order valence-corrected chi connectivity index (χ4v) is 3.35. The van der Waals surface area contributed by atoms with E-state index in [0.29, 0.717) is 22.5 Å². The summed E-state index contributed by atoms with van der Waals surface area (Å²) in [6, 6.07) is 3.62. The number of pyridine rings is 1. The number of ether oxygens (including phenoxy) is 1. The van der Waals surface area contributed by atoms with Gasteiger partial charge in [0.05, 0.1) is 17.5 Å². The highest BCUT2D eigenvalue weighted by molar-refractivity contribution is 6.09. The van der Waals surface area contributed by atoms with Crippen LogP contribution in [0.2, 0.25) is 0 Å². The lowest BCUT2D eigenvalue weighted by Gasteiger charge is -2.19. The zero-order valence-electron chi connectivity index (χ0n) is 13.8. The van der Waals surface area contributed by atoms with E-state index in [2.05, 4.69) is 15.0 Å². The molecule has 4 atom stereocenters. The molecule has 1 saturated heterocycles. The zero-order valence-corrected chi connectivity index (χ0v) is 13.8. The third-order valence-electron chi connectivity index (χ3n) is 4.51. The number of nitrogens with zero attached hydrogens (tertiary/aromatic N) is 5. The van der Waals surface area contributed by atoms with Crippen molar-refractivity contribution in [1.82, 2.24) is 19.5 Å². The molecule has 9 nitrogen and oxygen atoms in total. The second-order valence-corrected chi connectivity index (χ2v) is 6.26. The molecule has 9 heteroatoms. The molecule has 1 aliphatic heterocycles. The predicted octanol–water partition coefficient (Wildman–Crippen LogP) is -0.343. The second kappa shape index (κ2) is 5.88. The average Bonchev–Trinajstić information content (AvgIpc) is 3.10. The number of aromatic nitrogens is 4. The minimum absolute atomic E-state index is 0.387. The molecule has 3 N–H and O–H groups in total. The summed E-state index contributed by atoms with van der Waals surface area (Å²) in [6.45, 7) is -0.387. The van der Waals surface area contributed by atoms with Crippen LogP contribution < -0.4 is 4.90 Å². The molecule has 0 aromatic carbocycles. The maximum absolute atomic E-state index is 10.4. The van der Waals surface area contributed by atoms with Crippen LogP contribution in [0.15, 0.2) is 24.7 Å². The SMILES string of the molecule is CN(C)c1ncnc2c1c1ncccc1n2[C@@H]1O[C@H](CO)[C@@H](O)[C@H]1O. The molecule has 132 valence electrons. The van der Waals surface area contributed by atoms with Gasteiger partial charge in [0.15, 0.2) is 6.23 Å². The molecule has 0 unspecified atom stereocenters. The van der Waals surface area contributed by atoms with Gasteiger partial charge in [0.25, 0.3) is 0 Å². The van der Waals surface area contributed by atoms with Crippen molar-refractivity contribution >= 4 is 27.9 Å². The summed E-state index contributed by atoms with van der Waals surface area (Å²) in [5, 5.41) is 30.7. The Hall–Kier alpha value is -2.33. The van der Waals surface area contributed by atoms with Gasteiger partial charge in [-0.15, -0.1) is 0 Å². The summed E-state index contributed by atoms with van der Waals surface area (Å²) in [5.41, 5.74) is 1.93. The number of hydrogen-bond acceptors (Lipinski definition) is 8. The van der Waals surface area contributed by atoms with E-state index in [-0.39, 0.29) is 6.61 Å². The molecular formula is C16H19N5O4. The Kier molecular flexibility index (Phi) is 3.80. The largest absolute Gasteiger partial charge is 0.394 e. The summed E-state index contributed by atoms with van der Waals surface area (Å²) < 4.78 is 7.41. The zero-order chi connectivity index (χ0) is 17.7. The summed E-state index contributed by atoms with van der Waals surface area (Å²) in [7, 11) is 3.75. The first-order valence-corrected chi connectivity index (χ1v) is 7.94. The van der Waals surface area contributed by atoms with Crippen molar-refractivity contribution < 1.29 is 20.1 Å². The third kappa shape index (κ3) is 2.28. The lowest BCUT2D eigenvalue weighted by Crippen LogP contribution is -2.33. The Labute approximate surface area is 143 Å². The third-order valence-corrected chi connectivity index (χ3v) is 4.51. The molecular weight excluding hydrogens is 326 g/mol. The summed E-state index contributed by atoms with van der Waals surface area (Å²) >= 11 is 0. The van der Waals surface area contributed by atoms with Gasteiger partial charge in [-0.05, 0) is 12.1 Å². The van der Waals surface area contributed by atoms with Gasteiger partial charge < -0.3 is 25.0 Å². The molecule has 0 spiro atoms. The van der Waals surface area contributed by atoms with E-state index in [1.807, 2.05) is 25.1 Å². The molecule has 0 amide bonds. The monoisotopic (exact) mass is 345 g/mol. The van der Waals surface area contributed by atoms with E-state index in [9.17, 15) is 15.3 Å². The molecule has 1 aliphatic rings. The van der Waals surface area contributed by atoms with Crippen LogP contribution in [-0.2, 0) is 4.74 Å². The van der Waals surface area contributed by atoms with Gasteiger partial charge in [0.1, 0.15) is 41.6 Å². The van der Waals surface area contributed by atoms with E-state index in [1.165, 1.54) is 6.33 Å². The van der Waals surface area contributed by atoms with Crippen LogP contribution in [0.25, 0.3) is 22.1 Å². The van der Waals surface area contributed by atoms with Crippen molar-refractivity contribution in [1.29, 1.82) is 0 Å². The first kappa shape index (κ1) is 16.2. The predicted molar refractivity (Wildman–Crippen MR) is 90.2 cm³/mol. The van der Waals surface area contributed by atoms with E-state index >= 15 is 0 Å². The second-order valence-electron chi connectivity index (χ2n) is 6.26. The Morgan fingerprint density at radius 3 is 2.68 bits per heavy atom. The van der Waals surface area contributed by atoms with E-state index in [0.717, 1.165) is 5.39 Å². The average molecular weight is 345 g/mol. The minimum Gasteiger partial charge on any atom is -0.394 e. The van der Waals surface area contributed by atoms with Crippen LogP contribution in [0.4, 0.5) is 5.82 Å². The van der Waals surface area contributed by atoms with Gasteiger partial charge in [-0.3, -0.25) is 9.55 Å². The molecule has 1 fully saturated rings. The molecule has 4 rings (SSSR count). The lowest BCUT2D eigenvalue weighted by atomic mass is 10.1. The first-order valence-electron chi connectivity index (χ1n) is 7.94. The maximum atomic E-state index is 10.4. The standard InChI is InChI=1S/C16H19N5O4/c1-20(2)14-10-11-8(4-3-5-17-11)21(15(10)19-7-18-14)16-13(24)12(23)9(6-22)25-16/h3-5,7,9,12-13,16,22-24H,6H2,1-2H3/t9-,12-,13-,16-/m1/s1. The number of aliphatic hydroxyl groups is 3. The van der Waals surface area contributed by atoms with Gasteiger partial charge >= 0.3 is 0 Å². The van der Waals surface area contributed by atoms with Crippen molar-refractivity contribution in [3.8, 4) is 0 Å². The van der Waals surface area contributed by atoms with E-state index < -0.39 is 24.5 Å². The highest BCUT2D eigenvalue weighted by Crippen LogP contribution is 2.38. The highest BCUT2D eigenvalue weighted by Gasteiger charge is 2.44. The van der Waals surface area contributed by atoms with Crippen LogP contribution in [0.1, 0.15) is 6.23 Å². The van der Waals surface area contributed by atoms with Crippen molar-refractivity contribution in [3.63, 3.8) is 0 Å². The van der Waals surface area contributed by atoms with Crippen molar-refractivity contribution in [3.05, 3.63) is 24.7 Å². The molecule has 3 aromatic heterocycles. The van der Waals surface area contributed by atoms with Crippen LogP contribution >= 0.6 is 0 Å². The smallest absolute Gasteiger partial charge is 0.165 e. The van der Waals surface area contributed by atoms with E-state index in [4.69, 9.17) is 4.74 Å². The summed E-state index contributed by atoms with van der Waals surface area (Å²) in [4.78, 5) is 15.0. The number of aliphatic hydroxyl groups excluding tert-OH is 3. The van der Waals surface area contributed by atoms with Gasteiger partial charge in [-0.2, -0.15) is 0 Å². The fraction of sp³-hybridized carbons (Fsp3) is 0.438. The van der Waals surface area contributed by atoms with Crippen LogP contribution in [0.3, 0.4) is 0 Å². The molecule has 25 heavy (non-hydrogen) atoms. The minimum atomic E-state index is -1.20.